The van der Waals surface area contributed by atoms with Crippen molar-refractivity contribution in [3.05, 3.63) is 69.7 Å². The summed E-state index contributed by atoms with van der Waals surface area (Å²) in [4.78, 5) is 16.0. The number of carbonyl (C=O) groups is 1. The highest BCUT2D eigenvalue weighted by molar-refractivity contribution is 6.36. The van der Waals surface area contributed by atoms with Gasteiger partial charge in [0.05, 0.1) is 17.6 Å². The Bertz CT molecular complexity index is 1340. The third-order valence-electron chi connectivity index (χ3n) is 4.95. The zero-order chi connectivity index (χ0) is 23.0. The molecule has 10 heteroatoms. The molecule has 1 unspecified atom stereocenters. The van der Waals surface area contributed by atoms with Gasteiger partial charge in [-0.1, -0.05) is 29.3 Å². The van der Waals surface area contributed by atoms with Crippen LogP contribution in [0.5, 0.6) is 5.75 Å². The molecule has 164 valence electrons. The summed E-state index contributed by atoms with van der Waals surface area (Å²) in [7, 11) is 1.30. The number of hydrogen-bond acceptors (Lipinski definition) is 6. The highest BCUT2D eigenvalue weighted by atomic mass is 35.5. The fourth-order valence-electron chi connectivity index (χ4n) is 3.32. The van der Waals surface area contributed by atoms with E-state index >= 15 is 0 Å². The van der Waals surface area contributed by atoms with E-state index < -0.39 is 17.9 Å². The van der Waals surface area contributed by atoms with Crippen LogP contribution in [-0.4, -0.2) is 28.3 Å². The first kappa shape index (κ1) is 21.9. The minimum absolute atomic E-state index is 0.112. The van der Waals surface area contributed by atoms with Gasteiger partial charge in [-0.05, 0) is 42.8 Å². The van der Waals surface area contributed by atoms with Crippen molar-refractivity contribution >= 4 is 45.9 Å². The first-order valence-electron chi connectivity index (χ1n) is 9.42. The van der Waals surface area contributed by atoms with Gasteiger partial charge in [-0.15, -0.1) is 0 Å². The number of anilines is 1. The summed E-state index contributed by atoms with van der Waals surface area (Å²) in [6.45, 7) is 1.68. The number of nitrogens with two attached hydrogens (primary N) is 1. The second kappa shape index (κ2) is 8.64. The molecule has 0 aliphatic rings. The first-order chi connectivity index (χ1) is 15.3. The van der Waals surface area contributed by atoms with Gasteiger partial charge in [0.1, 0.15) is 11.9 Å². The van der Waals surface area contributed by atoms with Crippen LogP contribution in [0.25, 0.3) is 22.0 Å². The minimum atomic E-state index is -0.692. The van der Waals surface area contributed by atoms with Gasteiger partial charge >= 0.3 is 5.97 Å². The molecular weight excluding hydrogens is 458 g/mol. The van der Waals surface area contributed by atoms with Gasteiger partial charge in [0, 0.05) is 27.7 Å². The summed E-state index contributed by atoms with van der Waals surface area (Å²) < 4.78 is 24.6. The van der Waals surface area contributed by atoms with Gasteiger partial charge in [-0.25, -0.2) is 14.2 Å². The number of esters is 1. The van der Waals surface area contributed by atoms with E-state index in [4.69, 9.17) is 38.4 Å². The van der Waals surface area contributed by atoms with Gasteiger partial charge in [0.15, 0.2) is 17.3 Å². The molecule has 0 amide bonds. The van der Waals surface area contributed by atoms with Crippen LogP contribution in [0, 0.1) is 5.82 Å². The van der Waals surface area contributed by atoms with Crippen LogP contribution in [0.4, 0.5) is 10.2 Å². The molecule has 4 aromatic rings. The highest BCUT2D eigenvalue weighted by Gasteiger charge is 2.20. The SMILES string of the molecule is COC(=O)c1n[nH]c2cc(-c3cnc(N)c(OC(C)c4c(Cl)ccc(F)c4Cl)c3)ccc12. The molecule has 2 aromatic carbocycles. The molecule has 0 aliphatic heterocycles. The zero-order valence-corrected chi connectivity index (χ0v) is 18.5. The van der Waals surface area contributed by atoms with Crippen LogP contribution in [-0.2, 0) is 4.74 Å². The van der Waals surface area contributed by atoms with Crippen LogP contribution >= 0.6 is 23.2 Å². The summed E-state index contributed by atoms with van der Waals surface area (Å²) in [5.74, 6) is -0.691. The predicted octanol–water partition coefficient (Wildman–Crippen LogP) is 5.58. The molecule has 4 rings (SSSR count). The minimum Gasteiger partial charge on any atom is -0.482 e. The van der Waals surface area contributed by atoms with Gasteiger partial charge < -0.3 is 15.2 Å². The molecule has 0 radical (unpaired) electrons. The van der Waals surface area contributed by atoms with Crippen LogP contribution in [0.2, 0.25) is 10.0 Å². The highest BCUT2D eigenvalue weighted by Crippen LogP contribution is 2.37. The van der Waals surface area contributed by atoms with Crippen LogP contribution < -0.4 is 10.5 Å². The van der Waals surface area contributed by atoms with Gasteiger partial charge in [0.25, 0.3) is 0 Å². The number of nitrogens with zero attached hydrogens (tertiary/aromatic N) is 2. The maximum Gasteiger partial charge on any atom is 0.359 e. The van der Waals surface area contributed by atoms with Crippen LogP contribution in [0.1, 0.15) is 29.1 Å². The number of pyridine rings is 1. The van der Waals surface area contributed by atoms with Crippen molar-refractivity contribution in [3.63, 3.8) is 0 Å². The Labute approximate surface area is 192 Å². The number of H-pyrrole nitrogens is 1. The number of rotatable bonds is 5. The fourth-order valence-corrected chi connectivity index (χ4v) is 4.00. The number of ether oxygens (including phenoxy) is 2. The molecule has 2 heterocycles. The van der Waals surface area contributed by atoms with E-state index in [1.54, 1.807) is 25.3 Å². The predicted molar refractivity (Wildman–Crippen MR) is 121 cm³/mol. The lowest BCUT2D eigenvalue weighted by Crippen LogP contribution is -2.08. The molecular formula is C22H17Cl2FN4O3. The number of methoxy groups -OCH3 is 1. The molecule has 0 saturated carbocycles. The molecule has 1 atom stereocenters. The average molecular weight is 475 g/mol. The van der Waals surface area contributed by atoms with Crippen molar-refractivity contribution in [2.75, 3.05) is 12.8 Å². The van der Waals surface area contributed by atoms with E-state index in [0.29, 0.717) is 22.0 Å². The standard InChI is InChI=1S/C22H17Cl2FN4O3/c1-10(18-14(23)5-6-15(25)19(18)24)32-17-8-12(9-27-21(17)26)11-3-4-13-16(7-11)28-29-20(13)22(30)31-2/h3-10H,1-2H3,(H2,26,27)(H,28,29). The zero-order valence-electron chi connectivity index (χ0n) is 16.9. The summed E-state index contributed by atoms with van der Waals surface area (Å²) in [5, 5.41) is 7.63. The van der Waals surface area contributed by atoms with Crippen molar-refractivity contribution in [2.45, 2.75) is 13.0 Å². The lowest BCUT2D eigenvalue weighted by molar-refractivity contribution is 0.0596. The number of nitrogen functional groups attached to an aromatic ring is 1. The summed E-state index contributed by atoms with van der Waals surface area (Å²) >= 11 is 12.3. The monoisotopic (exact) mass is 474 g/mol. The van der Waals surface area contributed by atoms with Gasteiger partial charge in [-0.3, -0.25) is 5.10 Å². The number of aromatic nitrogens is 3. The van der Waals surface area contributed by atoms with Crippen molar-refractivity contribution in [1.82, 2.24) is 15.2 Å². The van der Waals surface area contributed by atoms with Gasteiger partial charge in [-0.2, -0.15) is 5.10 Å². The molecule has 3 N–H and O–H groups in total. The molecule has 32 heavy (non-hydrogen) atoms. The van der Waals surface area contributed by atoms with E-state index in [1.165, 1.54) is 19.2 Å². The number of aromatic amines is 1. The Kier molecular flexibility index (Phi) is 5.90. The molecule has 7 nitrogen and oxygen atoms in total. The Morgan fingerprint density at radius 3 is 2.72 bits per heavy atom. The number of nitrogens with one attached hydrogen (secondary N) is 1. The van der Waals surface area contributed by atoms with E-state index in [-0.39, 0.29) is 27.3 Å². The van der Waals surface area contributed by atoms with Crippen molar-refractivity contribution < 1.29 is 18.7 Å². The lowest BCUT2D eigenvalue weighted by Gasteiger charge is -2.19. The molecule has 0 spiro atoms. The Morgan fingerprint density at radius 1 is 1.19 bits per heavy atom. The number of fused-ring (bicyclic) bond motifs is 1. The third-order valence-corrected chi connectivity index (χ3v) is 5.66. The lowest BCUT2D eigenvalue weighted by atomic mass is 10.0. The van der Waals surface area contributed by atoms with Crippen LogP contribution in [0.15, 0.2) is 42.6 Å². The Morgan fingerprint density at radius 2 is 1.97 bits per heavy atom. The number of halogens is 3. The van der Waals surface area contributed by atoms with E-state index in [2.05, 4.69) is 15.2 Å². The van der Waals surface area contributed by atoms with Crippen molar-refractivity contribution in [2.24, 2.45) is 0 Å². The van der Waals surface area contributed by atoms with E-state index in [9.17, 15) is 9.18 Å². The maximum absolute atomic E-state index is 13.9. The normalized spacial score (nSPS) is 12.0. The second-order valence-electron chi connectivity index (χ2n) is 6.95. The molecule has 0 saturated heterocycles. The summed E-state index contributed by atoms with van der Waals surface area (Å²) in [5.41, 5.74) is 8.64. The number of carbonyl (C=O) groups excluding carboxylic acids is 1. The first-order valence-corrected chi connectivity index (χ1v) is 10.2. The van der Waals surface area contributed by atoms with E-state index in [1.807, 2.05) is 12.1 Å². The van der Waals surface area contributed by atoms with E-state index in [0.717, 1.165) is 5.56 Å². The largest absolute Gasteiger partial charge is 0.482 e. The second-order valence-corrected chi connectivity index (χ2v) is 7.73. The quantitative estimate of drug-likeness (QED) is 0.289. The summed E-state index contributed by atoms with van der Waals surface area (Å²) in [6, 6.07) is 9.69. The Hall–Kier alpha value is -3.36. The number of benzene rings is 2. The molecule has 2 aromatic heterocycles. The molecule has 0 aliphatic carbocycles. The fraction of sp³-hybridized carbons (Fsp3) is 0.136. The number of hydrogen-bond donors (Lipinski definition) is 2. The average Bonchev–Trinajstić information content (AvgIpc) is 3.21. The van der Waals surface area contributed by atoms with Gasteiger partial charge in [0.2, 0.25) is 0 Å². The van der Waals surface area contributed by atoms with Crippen LogP contribution in [0.3, 0.4) is 0 Å². The maximum atomic E-state index is 13.9. The molecule has 0 bridgehead atoms. The molecule has 0 fully saturated rings. The van der Waals surface area contributed by atoms with Crippen molar-refractivity contribution in [1.29, 1.82) is 0 Å². The topological polar surface area (TPSA) is 103 Å². The summed E-state index contributed by atoms with van der Waals surface area (Å²) in [6.07, 6.45) is 0.899. The smallest absolute Gasteiger partial charge is 0.359 e. The van der Waals surface area contributed by atoms with Crippen molar-refractivity contribution in [3.8, 4) is 16.9 Å². The third kappa shape index (κ3) is 3.94. The Balaban J connectivity index is 1.68.